The largest absolute Gasteiger partial charge is 0.496 e. The third-order valence-electron chi connectivity index (χ3n) is 2.52. The quantitative estimate of drug-likeness (QED) is 0.787. The fraction of sp³-hybridized carbons (Fsp3) is 0.462. The summed E-state index contributed by atoms with van der Waals surface area (Å²) in [6.07, 6.45) is 0.454. The molecule has 0 saturated carbocycles. The molecule has 0 bridgehead atoms. The molecule has 1 aromatic carbocycles. The Morgan fingerprint density at radius 2 is 2.18 bits per heavy atom. The highest BCUT2D eigenvalue weighted by molar-refractivity contribution is 5.75. The first kappa shape index (κ1) is 13.5. The van der Waals surface area contributed by atoms with Gasteiger partial charge in [-0.25, -0.2) is 0 Å². The van der Waals surface area contributed by atoms with Gasteiger partial charge in [-0.2, -0.15) is 0 Å². The van der Waals surface area contributed by atoms with Crippen molar-refractivity contribution in [1.82, 2.24) is 0 Å². The predicted molar refractivity (Wildman–Crippen MR) is 66.0 cm³/mol. The second-order valence-corrected chi connectivity index (χ2v) is 3.87. The van der Waals surface area contributed by atoms with Crippen molar-refractivity contribution < 1.29 is 14.3 Å². The van der Waals surface area contributed by atoms with Gasteiger partial charge >= 0.3 is 5.97 Å². The number of hydrogen-bond donors (Lipinski definition) is 1. The number of carbonyl (C=O) groups excluding carboxylic acids is 1. The van der Waals surface area contributed by atoms with E-state index in [1.54, 1.807) is 14.0 Å². The van der Waals surface area contributed by atoms with Crippen LogP contribution in [0.25, 0.3) is 0 Å². The normalized spacial score (nSPS) is 12.0. The third-order valence-corrected chi connectivity index (χ3v) is 2.52. The fourth-order valence-corrected chi connectivity index (χ4v) is 1.58. The Labute approximate surface area is 102 Å². The molecular formula is C13H19NO3. The molecule has 0 spiro atoms. The Balaban J connectivity index is 2.71. The minimum atomic E-state index is -0.623. The lowest BCUT2D eigenvalue weighted by atomic mass is 10.0. The monoisotopic (exact) mass is 237 g/mol. The van der Waals surface area contributed by atoms with Crippen molar-refractivity contribution in [1.29, 1.82) is 0 Å². The van der Waals surface area contributed by atoms with E-state index in [0.717, 1.165) is 16.9 Å². The molecule has 17 heavy (non-hydrogen) atoms. The highest BCUT2D eigenvalue weighted by Crippen LogP contribution is 2.19. The number of rotatable bonds is 5. The zero-order chi connectivity index (χ0) is 12.8. The van der Waals surface area contributed by atoms with Gasteiger partial charge in [-0.15, -0.1) is 0 Å². The molecule has 1 atom stereocenters. The molecular weight excluding hydrogens is 218 g/mol. The van der Waals surface area contributed by atoms with Gasteiger partial charge in [-0.1, -0.05) is 12.1 Å². The van der Waals surface area contributed by atoms with Crippen molar-refractivity contribution in [3.05, 3.63) is 29.3 Å². The van der Waals surface area contributed by atoms with Crippen molar-refractivity contribution in [2.24, 2.45) is 5.73 Å². The minimum Gasteiger partial charge on any atom is -0.496 e. The van der Waals surface area contributed by atoms with E-state index in [0.29, 0.717) is 13.0 Å². The summed E-state index contributed by atoms with van der Waals surface area (Å²) in [5.74, 6) is 0.436. The Morgan fingerprint density at radius 1 is 1.47 bits per heavy atom. The average Bonchev–Trinajstić information content (AvgIpc) is 2.31. The number of nitrogens with two attached hydrogens (primary N) is 1. The number of carbonyl (C=O) groups is 1. The van der Waals surface area contributed by atoms with E-state index in [2.05, 4.69) is 0 Å². The van der Waals surface area contributed by atoms with E-state index in [1.807, 2.05) is 25.1 Å². The molecule has 0 aliphatic carbocycles. The Morgan fingerprint density at radius 3 is 2.76 bits per heavy atom. The van der Waals surface area contributed by atoms with E-state index in [9.17, 15) is 4.79 Å². The second-order valence-electron chi connectivity index (χ2n) is 3.87. The van der Waals surface area contributed by atoms with Gasteiger partial charge < -0.3 is 15.2 Å². The molecule has 0 fully saturated rings. The zero-order valence-corrected chi connectivity index (χ0v) is 10.5. The molecule has 94 valence electrons. The molecule has 0 radical (unpaired) electrons. The summed E-state index contributed by atoms with van der Waals surface area (Å²) in [5.41, 5.74) is 7.77. The van der Waals surface area contributed by atoms with E-state index < -0.39 is 6.04 Å². The lowest BCUT2D eigenvalue weighted by Crippen LogP contribution is -2.34. The van der Waals surface area contributed by atoms with Crippen LogP contribution in [-0.4, -0.2) is 25.7 Å². The molecule has 0 amide bonds. The first-order chi connectivity index (χ1) is 8.08. The van der Waals surface area contributed by atoms with Crippen LogP contribution in [0.4, 0.5) is 0 Å². The molecule has 0 aliphatic rings. The Bertz CT molecular complexity index is 390. The summed E-state index contributed by atoms with van der Waals surface area (Å²) < 4.78 is 10.1. The SMILES string of the molecule is CCOC(=O)C(N)Cc1ccc(C)c(OC)c1. The van der Waals surface area contributed by atoms with Crippen LogP contribution >= 0.6 is 0 Å². The summed E-state index contributed by atoms with van der Waals surface area (Å²) >= 11 is 0. The zero-order valence-electron chi connectivity index (χ0n) is 10.5. The van der Waals surface area contributed by atoms with Crippen LogP contribution in [0.15, 0.2) is 18.2 Å². The standard InChI is InChI=1S/C13H19NO3/c1-4-17-13(15)11(14)7-10-6-5-9(2)12(8-10)16-3/h5-6,8,11H,4,7,14H2,1-3H3. The van der Waals surface area contributed by atoms with E-state index in [4.69, 9.17) is 15.2 Å². The number of aryl methyl sites for hydroxylation is 1. The number of ether oxygens (including phenoxy) is 2. The Hall–Kier alpha value is -1.55. The summed E-state index contributed by atoms with van der Waals surface area (Å²) in [5, 5.41) is 0. The maximum atomic E-state index is 11.4. The van der Waals surface area contributed by atoms with Crippen LogP contribution in [0, 0.1) is 6.92 Å². The molecule has 0 aliphatic heterocycles. The van der Waals surface area contributed by atoms with Crippen molar-refractivity contribution in [2.45, 2.75) is 26.3 Å². The predicted octanol–water partition coefficient (Wildman–Crippen LogP) is 1.44. The first-order valence-electron chi connectivity index (χ1n) is 5.64. The highest BCUT2D eigenvalue weighted by Gasteiger charge is 2.15. The van der Waals surface area contributed by atoms with Gasteiger partial charge in [-0.05, 0) is 37.5 Å². The lowest BCUT2D eigenvalue weighted by Gasteiger charge is -2.12. The molecule has 0 heterocycles. The summed E-state index contributed by atoms with van der Waals surface area (Å²) in [6, 6.07) is 5.17. The number of esters is 1. The van der Waals surface area contributed by atoms with Crippen molar-refractivity contribution in [2.75, 3.05) is 13.7 Å². The van der Waals surface area contributed by atoms with E-state index in [1.165, 1.54) is 0 Å². The van der Waals surface area contributed by atoms with Crippen molar-refractivity contribution in [3.8, 4) is 5.75 Å². The summed E-state index contributed by atoms with van der Waals surface area (Å²) in [6.45, 7) is 4.08. The fourth-order valence-electron chi connectivity index (χ4n) is 1.58. The number of hydrogen-bond acceptors (Lipinski definition) is 4. The molecule has 0 aromatic heterocycles. The van der Waals surface area contributed by atoms with Crippen LogP contribution in [0.1, 0.15) is 18.1 Å². The van der Waals surface area contributed by atoms with Gasteiger partial charge in [0, 0.05) is 0 Å². The molecule has 2 N–H and O–H groups in total. The average molecular weight is 237 g/mol. The number of methoxy groups -OCH3 is 1. The second kappa shape index (κ2) is 6.25. The van der Waals surface area contributed by atoms with Gasteiger partial charge in [0.05, 0.1) is 13.7 Å². The third kappa shape index (κ3) is 3.75. The van der Waals surface area contributed by atoms with Crippen LogP contribution in [0.2, 0.25) is 0 Å². The van der Waals surface area contributed by atoms with Crippen molar-refractivity contribution in [3.63, 3.8) is 0 Å². The molecule has 1 aromatic rings. The summed E-state index contributed by atoms with van der Waals surface area (Å²) in [4.78, 5) is 11.4. The smallest absolute Gasteiger partial charge is 0.323 e. The maximum absolute atomic E-state index is 11.4. The van der Waals surface area contributed by atoms with Gasteiger partial charge in [0.2, 0.25) is 0 Å². The van der Waals surface area contributed by atoms with Gasteiger partial charge in [-0.3, -0.25) is 4.79 Å². The maximum Gasteiger partial charge on any atom is 0.323 e. The van der Waals surface area contributed by atoms with Crippen LogP contribution in [0.3, 0.4) is 0 Å². The van der Waals surface area contributed by atoms with Gasteiger partial charge in [0.1, 0.15) is 11.8 Å². The van der Waals surface area contributed by atoms with Crippen molar-refractivity contribution >= 4 is 5.97 Å². The van der Waals surface area contributed by atoms with Crippen LogP contribution in [-0.2, 0) is 16.0 Å². The molecule has 1 unspecified atom stereocenters. The Kier molecular flexibility index (Phi) is 4.97. The molecule has 4 nitrogen and oxygen atoms in total. The molecule has 4 heteroatoms. The molecule has 1 rings (SSSR count). The lowest BCUT2D eigenvalue weighted by molar-refractivity contribution is -0.144. The molecule has 0 saturated heterocycles. The van der Waals surface area contributed by atoms with E-state index >= 15 is 0 Å². The topological polar surface area (TPSA) is 61.5 Å². The van der Waals surface area contributed by atoms with Crippen LogP contribution in [0.5, 0.6) is 5.75 Å². The summed E-state index contributed by atoms with van der Waals surface area (Å²) in [7, 11) is 1.62. The van der Waals surface area contributed by atoms with E-state index in [-0.39, 0.29) is 5.97 Å². The van der Waals surface area contributed by atoms with Gasteiger partial charge in [0.15, 0.2) is 0 Å². The highest BCUT2D eigenvalue weighted by atomic mass is 16.5. The van der Waals surface area contributed by atoms with Gasteiger partial charge in [0.25, 0.3) is 0 Å². The van der Waals surface area contributed by atoms with Crippen LogP contribution < -0.4 is 10.5 Å². The first-order valence-corrected chi connectivity index (χ1v) is 5.64. The number of benzene rings is 1. The minimum absolute atomic E-state index is 0.351.